The average Bonchev–Trinajstić information content (AvgIpc) is 3.22. The number of anilines is 1. The number of aromatic nitrogens is 3. The van der Waals surface area contributed by atoms with E-state index in [9.17, 15) is 4.79 Å². The van der Waals surface area contributed by atoms with Gasteiger partial charge >= 0.3 is 6.03 Å². The minimum Gasteiger partial charge on any atom is -0.337 e. The van der Waals surface area contributed by atoms with E-state index in [0.717, 1.165) is 41.2 Å². The van der Waals surface area contributed by atoms with E-state index in [1.807, 2.05) is 29.8 Å². The lowest BCUT2D eigenvalue weighted by Gasteiger charge is -2.09. The summed E-state index contributed by atoms with van der Waals surface area (Å²) in [7, 11) is 0. The SMILES string of the molecule is Cc1cc(NC(=O)NCCc2nc3c(s2)CCC3)cn2ccnc12. The van der Waals surface area contributed by atoms with Gasteiger partial charge in [0.1, 0.15) is 5.65 Å². The Hall–Kier alpha value is -2.41. The van der Waals surface area contributed by atoms with E-state index in [4.69, 9.17) is 0 Å². The van der Waals surface area contributed by atoms with Crippen LogP contribution in [0.2, 0.25) is 0 Å². The van der Waals surface area contributed by atoms with Crippen molar-refractivity contribution in [3.63, 3.8) is 0 Å². The number of amides is 2. The topological polar surface area (TPSA) is 71.3 Å². The number of thiazole rings is 1. The number of nitrogens with zero attached hydrogens (tertiary/aromatic N) is 3. The number of rotatable bonds is 4. The molecule has 1 aliphatic rings. The molecule has 4 rings (SSSR count). The largest absolute Gasteiger partial charge is 0.337 e. The van der Waals surface area contributed by atoms with Crippen molar-refractivity contribution in [2.75, 3.05) is 11.9 Å². The van der Waals surface area contributed by atoms with Crippen molar-refractivity contribution in [3.05, 3.63) is 45.8 Å². The Morgan fingerprint density at radius 1 is 1.42 bits per heavy atom. The number of hydrogen-bond acceptors (Lipinski definition) is 4. The minimum absolute atomic E-state index is 0.196. The predicted molar refractivity (Wildman–Crippen MR) is 94.8 cm³/mol. The highest BCUT2D eigenvalue weighted by Gasteiger charge is 2.16. The Balaban J connectivity index is 1.32. The van der Waals surface area contributed by atoms with Crippen LogP contribution in [-0.2, 0) is 19.3 Å². The molecule has 24 heavy (non-hydrogen) atoms. The second-order valence-corrected chi connectivity index (χ2v) is 7.20. The van der Waals surface area contributed by atoms with Crippen LogP contribution in [-0.4, -0.2) is 26.9 Å². The molecule has 0 aromatic carbocycles. The highest BCUT2D eigenvalue weighted by molar-refractivity contribution is 7.11. The lowest BCUT2D eigenvalue weighted by atomic mass is 10.3. The van der Waals surface area contributed by atoms with Gasteiger partial charge in [0, 0.05) is 36.4 Å². The van der Waals surface area contributed by atoms with Crippen LogP contribution in [0.4, 0.5) is 10.5 Å². The molecule has 2 amide bonds. The molecule has 0 radical (unpaired) electrons. The summed E-state index contributed by atoms with van der Waals surface area (Å²) in [5, 5.41) is 6.89. The number of nitrogens with one attached hydrogen (secondary N) is 2. The van der Waals surface area contributed by atoms with E-state index in [0.29, 0.717) is 6.54 Å². The van der Waals surface area contributed by atoms with Gasteiger partial charge in [-0.05, 0) is 37.8 Å². The number of fused-ring (bicyclic) bond motifs is 2. The van der Waals surface area contributed by atoms with Crippen molar-refractivity contribution in [3.8, 4) is 0 Å². The summed E-state index contributed by atoms with van der Waals surface area (Å²) >= 11 is 1.79. The summed E-state index contributed by atoms with van der Waals surface area (Å²) in [6.45, 7) is 2.57. The maximum absolute atomic E-state index is 12.1. The fourth-order valence-corrected chi connectivity index (χ4v) is 4.24. The molecule has 0 spiro atoms. The summed E-state index contributed by atoms with van der Waals surface area (Å²) in [6, 6.07) is 1.73. The fourth-order valence-electron chi connectivity index (χ4n) is 3.08. The zero-order valence-electron chi connectivity index (χ0n) is 13.5. The molecule has 0 fully saturated rings. The third-order valence-electron chi connectivity index (χ3n) is 4.19. The fraction of sp³-hybridized carbons (Fsp3) is 0.353. The van der Waals surface area contributed by atoms with Gasteiger partial charge in [-0.25, -0.2) is 14.8 Å². The molecular weight excluding hydrogens is 322 g/mol. The quantitative estimate of drug-likeness (QED) is 0.766. The molecule has 0 atom stereocenters. The first-order valence-electron chi connectivity index (χ1n) is 8.14. The first-order valence-corrected chi connectivity index (χ1v) is 8.96. The zero-order chi connectivity index (χ0) is 16.5. The highest BCUT2D eigenvalue weighted by atomic mass is 32.1. The molecule has 7 heteroatoms. The van der Waals surface area contributed by atoms with Gasteiger partial charge in [0.05, 0.1) is 16.4 Å². The lowest BCUT2D eigenvalue weighted by molar-refractivity contribution is 0.252. The van der Waals surface area contributed by atoms with E-state index in [-0.39, 0.29) is 6.03 Å². The summed E-state index contributed by atoms with van der Waals surface area (Å²) in [6.07, 6.45) is 9.76. The Morgan fingerprint density at radius 3 is 3.21 bits per heavy atom. The molecule has 124 valence electrons. The minimum atomic E-state index is -0.196. The van der Waals surface area contributed by atoms with Gasteiger partial charge in [0.15, 0.2) is 0 Å². The predicted octanol–water partition coefficient (Wildman–Crippen LogP) is 2.95. The maximum Gasteiger partial charge on any atom is 0.319 e. The van der Waals surface area contributed by atoms with Crippen LogP contribution in [0.3, 0.4) is 0 Å². The summed E-state index contributed by atoms with van der Waals surface area (Å²) in [5.74, 6) is 0. The molecule has 3 heterocycles. The number of carbonyl (C=O) groups is 1. The molecular formula is C17H19N5OS. The molecule has 0 unspecified atom stereocenters. The van der Waals surface area contributed by atoms with Gasteiger partial charge in [0.25, 0.3) is 0 Å². The molecule has 6 nitrogen and oxygen atoms in total. The zero-order valence-corrected chi connectivity index (χ0v) is 14.3. The van der Waals surface area contributed by atoms with Gasteiger partial charge < -0.3 is 15.0 Å². The van der Waals surface area contributed by atoms with Crippen molar-refractivity contribution >= 4 is 28.7 Å². The number of urea groups is 1. The number of pyridine rings is 1. The second-order valence-electron chi connectivity index (χ2n) is 6.03. The first-order chi connectivity index (χ1) is 11.7. The molecule has 3 aromatic heterocycles. The molecule has 0 saturated heterocycles. The first kappa shape index (κ1) is 15.1. The van der Waals surface area contributed by atoms with Gasteiger partial charge in [-0.1, -0.05) is 0 Å². The van der Waals surface area contributed by atoms with Gasteiger partial charge in [-0.15, -0.1) is 11.3 Å². The van der Waals surface area contributed by atoms with Crippen molar-refractivity contribution in [2.45, 2.75) is 32.6 Å². The van der Waals surface area contributed by atoms with Crippen molar-refractivity contribution < 1.29 is 4.79 Å². The van der Waals surface area contributed by atoms with Crippen LogP contribution in [0.1, 0.15) is 27.6 Å². The summed E-state index contributed by atoms with van der Waals surface area (Å²) in [5.41, 5.74) is 3.94. The van der Waals surface area contributed by atoms with E-state index in [1.165, 1.54) is 17.0 Å². The monoisotopic (exact) mass is 341 g/mol. The molecule has 0 saturated carbocycles. The highest BCUT2D eigenvalue weighted by Crippen LogP contribution is 2.27. The lowest BCUT2D eigenvalue weighted by Crippen LogP contribution is -2.30. The van der Waals surface area contributed by atoms with Crippen molar-refractivity contribution in [1.29, 1.82) is 0 Å². The molecule has 1 aliphatic carbocycles. The Bertz CT molecular complexity index is 876. The molecule has 3 aromatic rings. The number of hydrogen-bond donors (Lipinski definition) is 2. The second kappa shape index (κ2) is 6.24. The summed E-state index contributed by atoms with van der Waals surface area (Å²) < 4.78 is 1.90. The number of aryl methyl sites for hydroxylation is 3. The van der Waals surface area contributed by atoms with Crippen LogP contribution in [0.15, 0.2) is 24.7 Å². The van der Waals surface area contributed by atoms with E-state index >= 15 is 0 Å². The van der Waals surface area contributed by atoms with Crippen molar-refractivity contribution in [2.24, 2.45) is 0 Å². The van der Waals surface area contributed by atoms with Gasteiger partial charge in [-0.3, -0.25) is 0 Å². The standard InChI is InChI=1S/C17H19N5OS/c1-11-9-12(10-22-8-7-18-16(11)22)20-17(23)19-6-5-15-21-13-3-2-4-14(13)24-15/h7-10H,2-6H2,1H3,(H2,19,20,23). The summed E-state index contributed by atoms with van der Waals surface area (Å²) in [4.78, 5) is 22.4. The number of imidazole rings is 1. The number of carbonyl (C=O) groups excluding carboxylic acids is 1. The Kier molecular flexibility index (Phi) is 3.93. The Morgan fingerprint density at radius 2 is 2.33 bits per heavy atom. The van der Waals surface area contributed by atoms with Gasteiger partial charge in [0.2, 0.25) is 0 Å². The van der Waals surface area contributed by atoms with Crippen LogP contribution >= 0.6 is 11.3 Å². The smallest absolute Gasteiger partial charge is 0.319 e. The Labute approximate surface area is 143 Å². The normalized spacial score (nSPS) is 13.2. The van der Waals surface area contributed by atoms with E-state index < -0.39 is 0 Å². The molecule has 0 bridgehead atoms. The van der Waals surface area contributed by atoms with E-state index in [2.05, 4.69) is 20.6 Å². The van der Waals surface area contributed by atoms with Crippen LogP contribution in [0, 0.1) is 6.92 Å². The average molecular weight is 341 g/mol. The van der Waals surface area contributed by atoms with Crippen LogP contribution < -0.4 is 10.6 Å². The van der Waals surface area contributed by atoms with Crippen molar-refractivity contribution in [1.82, 2.24) is 19.7 Å². The van der Waals surface area contributed by atoms with Crippen LogP contribution in [0.5, 0.6) is 0 Å². The maximum atomic E-state index is 12.1. The van der Waals surface area contributed by atoms with Crippen LogP contribution in [0.25, 0.3) is 5.65 Å². The third kappa shape index (κ3) is 2.99. The van der Waals surface area contributed by atoms with E-state index in [1.54, 1.807) is 17.5 Å². The molecule has 0 aliphatic heterocycles. The van der Waals surface area contributed by atoms with Gasteiger partial charge in [-0.2, -0.15) is 0 Å². The molecule has 2 N–H and O–H groups in total. The third-order valence-corrected chi connectivity index (χ3v) is 5.41.